The smallest absolute Gasteiger partial charge is 0.253 e. The molecule has 0 aromatic heterocycles. The Balaban J connectivity index is 1.66. The van der Waals surface area contributed by atoms with Crippen LogP contribution in [0.5, 0.6) is 0 Å². The molecule has 2 unspecified atom stereocenters. The molecule has 45 heavy (non-hydrogen) atoms. The second-order valence-electron chi connectivity index (χ2n) is 13.1. The summed E-state index contributed by atoms with van der Waals surface area (Å²) in [5, 5.41) is 10.8. The standard InChI is InChI=1S/C37H47N3O5/c1-7-20-38(21-8-2)33(42)29-30-34(43)40(28(24-41)23-27-16-11-10-12-17-27)32(37(30)19-18-36(29,6)45-37)35(44)39(22-9-3)31-25(4)14-13-15-26(31)5/h7,9-17,28-30,32,41H,1,3,8,18-24H2,2,4-6H3/t28-,29+,30+,32?,36-,37?/m1/s1. The molecule has 3 fully saturated rings. The molecule has 1 N–H and O–H groups in total. The van der Waals surface area contributed by atoms with E-state index in [1.165, 1.54) is 0 Å². The van der Waals surface area contributed by atoms with Crippen LogP contribution in [-0.2, 0) is 25.5 Å². The van der Waals surface area contributed by atoms with Gasteiger partial charge in [-0.2, -0.15) is 0 Å². The van der Waals surface area contributed by atoms with E-state index in [0.717, 1.165) is 28.8 Å². The molecule has 1 spiro atoms. The lowest BCUT2D eigenvalue weighted by Gasteiger charge is -2.40. The Morgan fingerprint density at radius 2 is 1.71 bits per heavy atom. The van der Waals surface area contributed by atoms with Crippen molar-refractivity contribution in [1.29, 1.82) is 0 Å². The summed E-state index contributed by atoms with van der Waals surface area (Å²) in [5.74, 6) is -2.35. The summed E-state index contributed by atoms with van der Waals surface area (Å²) >= 11 is 0. The number of aliphatic hydroxyl groups is 1. The number of para-hydroxylation sites is 1. The first-order chi connectivity index (χ1) is 21.6. The second kappa shape index (κ2) is 12.9. The number of likely N-dealkylation sites (tertiary alicyclic amines) is 1. The summed E-state index contributed by atoms with van der Waals surface area (Å²) in [6.45, 7) is 16.4. The van der Waals surface area contributed by atoms with Crippen LogP contribution in [-0.4, -0.2) is 82.2 Å². The highest BCUT2D eigenvalue weighted by atomic mass is 16.5. The number of rotatable bonds is 13. The number of carbonyl (C=O) groups excluding carboxylic acids is 3. The summed E-state index contributed by atoms with van der Waals surface area (Å²) in [7, 11) is 0. The maximum absolute atomic E-state index is 15.1. The lowest BCUT2D eigenvalue weighted by atomic mass is 9.66. The Morgan fingerprint density at radius 3 is 2.31 bits per heavy atom. The molecule has 3 heterocycles. The van der Waals surface area contributed by atoms with Crippen molar-refractivity contribution in [2.24, 2.45) is 11.8 Å². The fraction of sp³-hybridized carbons (Fsp3) is 0.486. The molecular weight excluding hydrogens is 566 g/mol. The number of ether oxygens (including phenoxy) is 1. The first-order valence-corrected chi connectivity index (χ1v) is 16.1. The molecule has 3 saturated heterocycles. The van der Waals surface area contributed by atoms with Crippen molar-refractivity contribution in [3.8, 4) is 0 Å². The molecule has 2 bridgehead atoms. The van der Waals surface area contributed by atoms with E-state index in [4.69, 9.17) is 4.74 Å². The van der Waals surface area contributed by atoms with Crippen molar-refractivity contribution in [3.63, 3.8) is 0 Å². The number of fused-ring (bicyclic) bond motifs is 1. The van der Waals surface area contributed by atoms with Gasteiger partial charge in [0, 0.05) is 25.3 Å². The van der Waals surface area contributed by atoms with Crippen molar-refractivity contribution >= 4 is 23.4 Å². The zero-order valence-corrected chi connectivity index (χ0v) is 27.1. The van der Waals surface area contributed by atoms with Crippen molar-refractivity contribution in [2.75, 3.05) is 31.1 Å². The van der Waals surface area contributed by atoms with E-state index in [1.807, 2.05) is 76.2 Å². The van der Waals surface area contributed by atoms with E-state index in [-0.39, 0.29) is 30.9 Å². The average molecular weight is 614 g/mol. The second-order valence-corrected chi connectivity index (χ2v) is 13.1. The third-order valence-electron chi connectivity index (χ3n) is 10.1. The number of carbonyl (C=O) groups is 3. The molecule has 0 radical (unpaired) electrons. The van der Waals surface area contributed by atoms with E-state index < -0.39 is 35.1 Å². The number of hydrogen-bond acceptors (Lipinski definition) is 5. The van der Waals surface area contributed by atoms with Crippen LogP contribution in [0.15, 0.2) is 73.8 Å². The molecule has 5 rings (SSSR count). The Hall–Kier alpha value is -3.75. The van der Waals surface area contributed by atoms with Crippen LogP contribution >= 0.6 is 0 Å². The average Bonchev–Trinajstić information content (AvgIpc) is 3.59. The van der Waals surface area contributed by atoms with Crippen LogP contribution in [0.2, 0.25) is 0 Å². The van der Waals surface area contributed by atoms with Crippen molar-refractivity contribution in [2.45, 2.75) is 76.7 Å². The van der Waals surface area contributed by atoms with Gasteiger partial charge in [-0.05, 0) is 63.1 Å². The quantitative estimate of drug-likeness (QED) is 0.333. The Morgan fingerprint density at radius 1 is 1.04 bits per heavy atom. The fourth-order valence-corrected chi connectivity index (χ4v) is 8.26. The molecule has 2 aromatic carbocycles. The number of nitrogens with zero attached hydrogens (tertiary/aromatic N) is 3. The van der Waals surface area contributed by atoms with Gasteiger partial charge in [0.15, 0.2) is 0 Å². The largest absolute Gasteiger partial charge is 0.394 e. The predicted octanol–water partition coefficient (Wildman–Crippen LogP) is 4.62. The van der Waals surface area contributed by atoms with Gasteiger partial charge < -0.3 is 24.5 Å². The SMILES string of the molecule is C=CCN(CCC)C(=O)[C@@H]1[C@H]2C(=O)N([C@@H](CO)Cc3ccccc3)C(C(=O)N(CC=C)c3c(C)cccc3C)C23CC[C@@]1(C)O3. The molecule has 3 amide bonds. The first kappa shape index (κ1) is 32.6. The van der Waals surface area contributed by atoms with Gasteiger partial charge in [-0.25, -0.2) is 0 Å². The Kier molecular flexibility index (Phi) is 9.38. The van der Waals surface area contributed by atoms with Crippen molar-refractivity contribution in [1.82, 2.24) is 9.80 Å². The van der Waals surface area contributed by atoms with E-state index in [0.29, 0.717) is 32.4 Å². The van der Waals surface area contributed by atoms with Crippen LogP contribution in [0, 0.1) is 25.7 Å². The van der Waals surface area contributed by atoms with Crippen LogP contribution in [0.1, 0.15) is 49.8 Å². The van der Waals surface area contributed by atoms with Gasteiger partial charge in [0.1, 0.15) is 11.6 Å². The number of aryl methyl sites for hydroxylation is 2. The molecule has 3 aliphatic rings. The minimum atomic E-state index is -1.21. The predicted molar refractivity (Wildman–Crippen MR) is 176 cm³/mol. The fourth-order valence-electron chi connectivity index (χ4n) is 8.26. The van der Waals surface area contributed by atoms with Crippen LogP contribution < -0.4 is 4.90 Å². The lowest BCUT2D eigenvalue weighted by molar-refractivity contribution is -0.152. The number of anilines is 1. The third-order valence-corrected chi connectivity index (χ3v) is 10.1. The molecule has 3 aliphatic heterocycles. The number of benzene rings is 2. The zero-order valence-electron chi connectivity index (χ0n) is 27.1. The van der Waals surface area contributed by atoms with Gasteiger partial charge in [-0.1, -0.05) is 67.6 Å². The molecule has 240 valence electrons. The van der Waals surface area contributed by atoms with Crippen molar-refractivity contribution < 1.29 is 24.2 Å². The first-order valence-electron chi connectivity index (χ1n) is 16.1. The maximum atomic E-state index is 15.1. The number of hydrogen-bond donors (Lipinski definition) is 1. The molecule has 0 saturated carbocycles. The van der Waals surface area contributed by atoms with Gasteiger partial charge in [0.2, 0.25) is 11.8 Å². The van der Waals surface area contributed by atoms with Crippen molar-refractivity contribution in [3.05, 3.63) is 90.5 Å². The molecular formula is C37H47N3O5. The molecule has 6 atom stereocenters. The molecule has 2 aromatic rings. The molecule has 0 aliphatic carbocycles. The van der Waals surface area contributed by atoms with E-state index in [1.54, 1.807) is 26.9 Å². The summed E-state index contributed by atoms with van der Waals surface area (Å²) in [5.41, 5.74) is 1.45. The minimum Gasteiger partial charge on any atom is -0.394 e. The monoisotopic (exact) mass is 613 g/mol. The van der Waals surface area contributed by atoms with Gasteiger partial charge >= 0.3 is 0 Å². The summed E-state index contributed by atoms with van der Waals surface area (Å²) < 4.78 is 6.92. The van der Waals surface area contributed by atoms with Gasteiger partial charge in [0.05, 0.1) is 30.1 Å². The lowest BCUT2D eigenvalue weighted by Crippen LogP contribution is -2.59. The van der Waals surface area contributed by atoms with E-state index in [2.05, 4.69) is 13.2 Å². The Bertz CT molecular complexity index is 1440. The highest BCUT2D eigenvalue weighted by molar-refractivity contribution is 6.06. The summed E-state index contributed by atoms with van der Waals surface area (Å²) in [6.07, 6.45) is 5.52. The van der Waals surface area contributed by atoms with Crippen LogP contribution in [0.3, 0.4) is 0 Å². The molecule has 8 nitrogen and oxygen atoms in total. The highest BCUT2D eigenvalue weighted by Crippen LogP contribution is 2.64. The zero-order chi connectivity index (χ0) is 32.5. The Labute approximate surface area is 267 Å². The molecule has 8 heteroatoms. The van der Waals surface area contributed by atoms with Crippen LogP contribution in [0.25, 0.3) is 0 Å². The third kappa shape index (κ3) is 5.42. The minimum absolute atomic E-state index is 0.145. The van der Waals surface area contributed by atoms with E-state index >= 15 is 4.79 Å². The maximum Gasteiger partial charge on any atom is 0.253 e. The van der Waals surface area contributed by atoms with Gasteiger partial charge in [-0.3, -0.25) is 14.4 Å². The number of amides is 3. The summed E-state index contributed by atoms with van der Waals surface area (Å²) in [6, 6.07) is 13.8. The normalized spacial score (nSPS) is 27.3. The van der Waals surface area contributed by atoms with Gasteiger partial charge in [0.25, 0.3) is 5.91 Å². The summed E-state index contributed by atoms with van der Waals surface area (Å²) in [4.78, 5) is 49.4. The van der Waals surface area contributed by atoms with Crippen LogP contribution in [0.4, 0.5) is 5.69 Å². The topological polar surface area (TPSA) is 90.4 Å². The van der Waals surface area contributed by atoms with Gasteiger partial charge in [-0.15, -0.1) is 13.2 Å². The van der Waals surface area contributed by atoms with E-state index in [9.17, 15) is 14.7 Å². The highest BCUT2D eigenvalue weighted by Gasteiger charge is 2.79. The number of aliphatic hydroxyl groups excluding tert-OH is 1.